The van der Waals surface area contributed by atoms with Crippen LogP contribution in [0.15, 0.2) is 72.2 Å². The van der Waals surface area contributed by atoms with Gasteiger partial charge >= 0.3 is 0 Å². The van der Waals surface area contributed by atoms with Gasteiger partial charge in [0.2, 0.25) is 41.4 Å². The lowest BCUT2D eigenvalue weighted by Crippen LogP contribution is -2.50. The lowest BCUT2D eigenvalue weighted by atomic mass is 9.87. The molecule has 0 spiro atoms. The maximum absolute atomic E-state index is 15.1. The fourth-order valence-electron chi connectivity index (χ4n) is 12.4. The summed E-state index contributed by atoms with van der Waals surface area (Å²) in [6.45, 7) is 3.89. The van der Waals surface area contributed by atoms with E-state index in [1.54, 1.807) is 12.3 Å². The van der Waals surface area contributed by atoms with E-state index in [-0.39, 0.29) is 164 Å². The zero-order valence-corrected chi connectivity index (χ0v) is 56.8. The van der Waals surface area contributed by atoms with Crippen molar-refractivity contribution in [3.8, 4) is 5.75 Å². The van der Waals surface area contributed by atoms with Gasteiger partial charge in [-0.2, -0.15) is 12.6 Å². The molecule has 98 heavy (non-hydrogen) atoms. The van der Waals surface area contributed by atoms with E-state index in [9.17, 15) is 63.0 Å². The summed E-state index contributed by atoms with van der Waals surface area (Å²) in [5, 5.41) is 36.0. The molecule has 2 aromatic heterocycles. The number of hydrogen-bond donors (Lipinski definition) is 13. The number of unbranched alkanes of at least 4 members (excludes halogenated alkanes) is 1. The van der Waals surface area contributed by atoms with Crippen molar-refractivity contribution in [1.82, 2.24) is 46.4 Å². The maximum Gasteiger partial charge on any atom is 0.226 e. The number of para-hydroxylation sites is 1. The summed E-state index contributed by atoms with van der Waals surface area (Å²) >= 11 is 4.12. The van der Waals surface area contributed by atoms with Crippen molar-refractivity contribution in [2.45, 2.75) is 172 Å². The van der Waals surface area contributed by atoms with Crippen LogP contribution in [0.1, 0.15) is 140 Å². The molecule has 2 saturated heterocycles. The van der Waals surface area contributed by atoms with E-state index < -0.39 is 120 Å². The van der Waals surface area contributed by atoms with Crippen LogP contribution < -0.4 is 43.8 Å². The number of aromatic hydroxyl groups is 1. The average molecular weight is 1380 g/mol. The third-order valence-corrected chi connectivity index (χ3v) is 17.9. The number of aliphatic hydroxyl groups is 1. The highest BCUT2D eigenvalue weighted by Gasteiger charge is 2.40. The molecular weight excluding hydrogens is 1280 g/mol. The maximum atomic E-state index is 15.1. The number of nitrogens with zero attached hydrogens (tertiary/aromatic N) is 3. The molecule has 9 atom stereocenters. The van der Waals surface area contributed by atoms with Crippen molar-refractivity contribution in [2.75, 3.05) is 45.2 Å². The van der Waals surface area contributed by atoms with E-state index in [1.807, 2.05) is 32.0 Å². The number of imidazole rings is 1. The predicted molar refractivity (Wildman–Crippen MR) is 366 cm³/mol. The first-order valence-electron chi connectivity index (χ1n) is 33.8. The highest BCUT2D eigenvalue weighted by Crippen LogP contribution is 2.28. The third kappa shape index (κ3) is 25.5. The topological polar surface area (TPSA) is 453 Å². The number of H-pyrrole nitrogens is 2. The Labute approximate surface area is 575 Å². The SMILES string of the molecule is CC(C)CC(NC(=O)[C@@H](CCCCNC(=O)CCOCCS)CC(=O)[C@H](Cc1ccc(O)cc1)NC(=O)[C@H](CO)CC(=O)[C@H](Cc1c[nH]c2ccccc12)NC(=O)[C@@H](CC(=O)C1CCC(=O)N1)Cc1cnc[nH]1)C(=O)C[C@@H](CCCN=C(N)N)C(=O)N1CCCC1C(=O)CCC(N)=O. The normalized spacial score (nSPS) is 16.6. The van der Waals surface area contributed by atoms with Crippen LogP contribution in [-0.4, -0.2) is 182 Å². The number of carbonyl (C=O) groups is 12. The zero-order chi connectivity index (χ0) is 71.3. The molecule has 534 valence electrons. The molecule has 2 aliphatic heterocycles. The molecule has 2 aromatic carbocycles. The molecule has 3 unspecified atom stereocenters. The van der Waals surface area contributed by atoms with Gasteiger partial charge in [-0.15, -0.1) is 0 Å². The number of ether oxygens (including phenoxy) is 1. The molecule has 7 amide bonds. The number of nitrogens with one attached hydrogen (secondary N) is 7. The Bertz CT molecular complexity index is 3390. The fraction of sp³-hybridized carbons (Fsp3) is 0.565. The summed E-state index contributed by atoms with van der Waals surface area (Å²) in [4.78, 5) is 183. The first-order chi connectivity index (χ1) is 46.9. The molecule has 4 aromatic rings. The van der Waals surface area contributed by atoms with Gasteiger partial charge in [-0.1, -0.05) is 50.6 Å². The smallest absolute Gasteiger partial charge is 0.226 e. The number of nitrogens with two attached hydrogens (primary N) is 3. The Kier molecular flexibility index (Phi) is 32.0. The molecule has 2 fully saturated rings. The summed E-state index contributed by atoms with van der Waals surface area (Å²) in [6.07, 6.45) is 4.67. The first-order valence-corrected chi connectivity index (χ1v) is 34.4. The number of hydrogen-bond acceptors (Lipinski definition) is 18. The Morgan fingerprint density at radius 1 is 0.735 bits per heavy atom. The van der Waals surface area contributed by atoms with E-state index in [0.717, 1.165) is 10.9 Å². The number of aliphatic imine (C=N–C) groups is 1. The molecule has 28 nitrogen and oxygen atoms in total. The molecule has 2 aliphatic rings. The molecule has 0 aliphatic carbocycles. The fourth-order valence-corrected chi connectivity index (χ4v) is 12.5. The standard InChI is InChI=1S/C69H97N13O15S/c1-41(2)29-53(60(88)34-44(10-7-24-75-69(71)72)68(96)82-25-8-13-56(82)57(85)19-20-62(70)90)79-65(93)43(9-5-6-23-74-63(91)22-26-97-27-28-98)33-59(87)54(30-42-14-16-49(84)17-15-42)80-67(95)47(39-83)36-61(89)55(32-46-37-76-51-12-4-3-11-50(46)51)81-66(94)45(31-48-38-73-40-77-48)35-58(86)52-18-21-64(92)78-52/h3-4,11-12,14-17,37-38,40-41,43-45,47,52-56,76,83-84,98H,5-10,13,18-36,39H2,1-2H3,(H2,70,90)(H,73,77)(H,74,91)(H,78,92)(H,79,93)(H,80,95)(H,81,94)(H4,71,72,75)/t43-,44+,45+,47-,52?,53?,54-,55-,56?/m0/s1. The number of aliphatic hydroxyl groups excluding tert-OH is 1. The van der Waals surface area contributed by atoms with Gasteiger partial charge in [0.05, 0.1) is 68.2 Å². The number of guanidine groups is 1. The number of phenolic OH excluding ortho intramolecular Hbond substituents is 1. The second-order valence-electron chi connectivity index (χ2n) is 25.8. The molecule has 29 heteroatoms. The second kappa shape index (κ2) is 40.2. The average Bonchev–Trinajstić information content (AvgIpc) is 1.60. The number of thiol groups is 1. The van der Waals surface area contributed by atoms with Crippen molar-refractivity contribution in [3.05, 3.63) is 84.1 Å². The quantitative estimate of drug-likeness (QED) is 0.0130. The number of likely N-dealkylation sites (tertiary alicyclic amines) is 1. The van der Waals surface area contributed by atoms with E-state index in [0.29, 0.717) is 48.4 Å². The molecule has 0 radical (unpaired) electrons. The summed E-state index contributed by atoms with van der Waals surface area (Å²) in [5.74, 6) is -11.2. The largest absolute Gasteiger partial charge is 0.508 e. The van der Waals surface area contributed by atoms with Crippen LogP contribution >= 0.6 is 12.6 Å². The summed E-state index contributed by atoms with van der Waals surface area (Å²) in [5.41, 5.74) is 18.9. The van der Waals surface area contributed by atoms with Crippen LogP contribution in [0.3, 0.4) is 0 Å². The summed E-state index contributed by atoms with van der Waals surface area (Å²) in [6, 6.07) is 7.51. The third-order valence-electron chi connectivity index (χ3n) is 17.7. The predicted octanol–water partition coefficient (Wildman–Crippen LogP) is 2.20. The second-order valence-corrected chi connectivity index (χ2v) is 26.3. The minimum atomic E-state index is -1.51. The number of aromatic amines is 2. The number of primary amides is 1. The van der Waals surface area contributed by atoms with Crippen LogP contribution in [0.25, 0.3) is 10.9 Å². The van der Waals surface area contributed by atoms with Crippen molar-refractivity contribution in [2.24, 2.45) is 51.8 Å². The van der Waals surface area contributed by atoms with E-state index >= 15 is 4.79 Å². The van der Waals surface area contributed by atoms with Crippen molar-refractivity contribution < 1.29 is 72.5 Å². The highest BCUT2D eigenvalue weighted by molar-refractivity contribution is 7.80. The Balaban J connectivity index is 1.26. The Morgan fingerprint density at radius 2 is 1.40 bits per heavy atom. The van der Waals surface area contributed by atoms with E-state index in [1.165, 1.54) is 41.7 Å². The minimum absolute atomic E-state index is 0.00912. The van der Waals surface area contributed by atoms with Crippen LogP contribution in [0.2, 0.25) is 0 Å². The minimum Gasteiger partial charge on any atom is -0.508 e. The lowest BCUT2D eigenvalue weighted by Gasteiger charge is -2.29. The van der Waals surface area contributed by atoms with Crippen LogP contribution in [0.5, 0.6) is 5.75 Å². The van der Waals surface area contributed by atoms with Gasteiger partial charge in [-0.05, 0) is 93.0 Å². The van der Waals surface area contributed by atoms with Gasteiger partial charge in [-0.25, -0.2) is 4.98 Å². The molecule has 15 N–H and O–H groups in total. The number of fused-ring (bicyclic) bond motifs is 1. The lowest BCUT2D eigenvalue weighted by molar-refractivity contribution is -0.143. The van der Waals surface area contributed by atoms with E-state index in [4.69, 9.17) is 21.9 Å². The van der Waals surface area contributed by atoms with Crippen molar-refractivity contribution in [1.29, 1.82) is 0 Å². The van der Waals surface area contributed by atoms with Gasteiger partial charge in [0, 0.05) is 130 Å². The zero-order valence-electron chi connectivity index (χ0n) is 55.9. The number of phenols is 1. The van der Waals surface area contributed by atoms with Crippen LogP contribution in [0, 0.1) is 29.6 Å². The molecular formula is C69H97N13O15S. The highest BCUT2D eigenvalue weighted by atomic mass is 32.1. The van der Waals surface area contributed by atoms with Gasteiger partial charge < -0.3 is 73.6 Å². The number of carbonyl (C=O) groups excluding carboxylic acids is 12. The summed E-state index contributed by atoms with van der Waals surface area (Å²) < 4.78 is 5.39. The van der Waals surface area contributed by atoms with Crippen molar-refractivity contribution in [3.63, 3.8) is 0 Å². The Morgan fingerprint density at radius 3 is 2.06 bits per heavy atom. The monoisotopic (exact) mass is 1380 g/mol. The van der Waals surface area contributed by atoms with Crippen LogP contribution in [-0.2, 0) is 81.5 Å². The number of benzene rings is 2. The molecule has 4 heterocycles. The van der Waals surface area contributed by atoms with E-state index in [2.05, 4.69) is 59.2 Å². The number of amides is 7. The first kappa shape index (κ1) is 78.2. The molecule has 0 saturated carbocycles. The number of aromatic nitrogens is 3. The van der Waals surface area contributed by atoms with Crippen molar-refractivity contribution >= 4 is 99.8 Å². The molecule has 6 rings (SSSR count). The number of Topliss-reactive ketones (excluding diaryl/α,β-unsaturated/α-hetero) is 5. The van der Waals surface area contributed by atoms with Gasteiger partial charge in [0.15, 0.2) is 34.9 Å². The summed E-state index contributed by atoms with van der Waals surface area (Å²) in [7, 11) is 0. The van der Waals surface area contributed by atoms with Gasteiger partial charge in [0.1, 0.15) is 5.75 Å². The van der Waals surface area contributed by atoms with Gasteiger partial charge in [-0.3, -0.25) is 62.5 Å². The Hall–Kier alpha value is -8.83. The molecule has 0 bridgehead atoms. The van der Waals surface area contributed by atoms with Gasteiger partial charge in [0.25, 0.3) is 0 Å². The van der Waals surface area contributed by atoms with Crippen LogP contribution in [0.4, 0.5) is 0 Å². The number of rotatable bonds is 46. The number of ketones is 5.